The molecular formula is C41H44O17. The highest BCUT2D eigenvalue weighted by atomic mass is 16.8. The molecule has 8 N–H and O–H groups in total. The lowest BCUT2D eigenvalue weighted by molar-refractivity contribution is -0.327. The second kappa shape index (κ2) is 20.5. The lowest BCUT2D eigenvalue weighted by Crippen LogP contribution is -2.60. The highest BCUT2D eigenvalue weighted by molar-refractivity contribution is 5.91. The van der Waals surface area contributed by atoms with Gasteiger partial charge in [-0.15, -0.1) is 0 Å². The molecule has 3 aromatic rings. The molecule has 17 heteroatoms. The summed E-state index contributed by atoms with van der Waals surface area (Å²) in [4.78, 5) is 39.7. The fourth-order valence-corrected chi connectivity index (χ4v) is 6.01. The van der Waals surface area contributed by atoms with E-state index in [1.165, 1.54) is 54.6 Å². The number of carbonyl (C=O) groups is 3. The molecule has 0 radical (unpaired) electrons. The van der Waals surface area contributed by atoms with Crippen molar-refractivity contribution in [2.45, 2.75) is 56.3 Å². The Morgan fingerprint density at radius 1 is 0.741 bits per heavy atom. The number of esters is 3. The van der Waals surface area contributed by atoms with E-state index in [-0.39, 0.29) is 60.2 Å². The second-order valence-corrected chi connectivity index (χ2v) is 13.2. The first-order chi connectivity index (χ1) is 27.8. The number of rotatable bonds is 16. The maximum atomic E-state index is 13.6. The molecule has 1 saturated heterocycles. The Morgan fingerprint density at radius 3 is 2.00 bits per heavy atom. The first-order valence-corrected chi connectivity index (χ1v) is 18.1. The molecule has 2 unspecified atom stereocenters. The number of aromatic hydroxyl groups is 4. The lowest BCUT2D eigenvalue weighted by atomic mass is 9.86. The largest absolute Gasteiger partial charge is 0.504 e. The minimum absolute atomic E-state index is 0.00453. The summed E-state index contributed by atoms with van der Waals surface area (Å²) < 4.78 is 33.5. The maximum absolute atomic E-state index is 13.6. The monoisotopic (exact) mass is 808 g/mol. The molecule has 58 heavy (non-hydrogen) atoms. The summed E-state index contributed by atoms with van der Waals surface area (Å²) in [6.07, 6.45) is -5.35. The van der Waals surface area contributed by atoms with E-state index in [4.69, 9.17) is 28.4 Å². The van der Waals surface area contributed by atoms with Crippen LogP contribution in [-0.2, 0) is 55.6 Å². The predicted molar refractivity (Wildman–Crippen MR) is 199 cm³/mol. The topological polar surface area (TPSA) is 268 Å². The van der Waals surface area contributed by atoms with Gasteiger partial charge < -0.3 is 69.3 Å². The number of benzene rings is 3. The highest BCUT2D eigenvalue weighted by Crippen LogP contribution is 2.37. The van der Waals surface area contributed by atoms with E-state index in [9.17, 15) is 55.2 Å². The first kappa shape index (κ1) is 43.2. The number of hydrogen-bond donors (Lipinski definition) is 8. The Bertz CT molecular complexity index is 1970. The van der Waals surface area contributed by atoms with Crippen molar-refractivity contribution in [3.63, 3.8) is 0 Å². The summed E-state index contributed by atoms with van der Waals surface area (Å²) in [5.41, 5.74) is 1.58. The molecule has 3 aromatic carbocycles. The first-order valence-electron chi connectivity index (χ1n) is 18.1. The van der Waals surface area contributed by atoms with Gasteiger partial charge in [0.05, 0.1) is 38.1 Å². The molecule has 2 aliphatic rings. The van der Waals surface area contributed by atoms with Crippen LogP contribution in [0.2, 0.25) is 0 Å². The molecule has 0 aromatic heterocycles. The van der Waals surface area contributed by atoms with Crippen LogP contribution in [0.15, 0.2) is 96.3 Å². The molecule has 0 spiro atoms. The molecule has 2 aliphatic heterocycles. The van der Waals surface area contributed by atoms with Gasteiger partial charge >= 0.3 is 17.9 Å². The van der Waals surface area contributed by atoms with Gasteiger partial charge in [0.25, 0.3) is 0 Å². The standard InChI is InChI=1S/C41H44O17/c42-21-33-36(49)37(50)38(51)41(57-33)58-40-26(14-17-53-34(47)11-8-23-4-2-1-3-5-23)27(20-35(48)54-15-12-24-6-9-29(43)31(45)18-24)28(22-56-40)39(52)55-16-13-25-7-10-30(44)32(46)19-25/h1-11,14,18-19,22,27,33,36-38,40-46,49-51H,12-13,15-17,20-21H2/b11-8+,26-14-/t27?,33-,36-,37+,38-,40?,41+/m1/s1. The second-order valence-electron chi connectivity index (χ2n) is 13.2. The Kier molecular flexibility index (Phi) is 15.2. The zero-order valence-electron chi connectivity index (χ0n) is 30.9. The van der Waals surface area contributed by atoms with Crippen molar-refractivity contribution in [2.24, 2.45) is 5.92 Å². The van der Waals surface area contributed by atoms with E-state index in [1.54, 1.807) is 24.3 Å². The van der Waals surface area contributed by atoms with Crippen LogP contribution >= 0.6 is 0 Å². The molecule has 1 fully saturated rings. The zero-order valence-corrected chi connectivity index (χ0v) is 30.9. The van der Waals surface area contributed by atoms with Gasteiger partial charge in [0.15, 0.2) is 29.3 Å². The average Bonchev–Trinajstić information content (AvgIpc) is 3.21. The number of carbonyl (C=O) groups excluding carboxylic acids is 3. The van der Waals surface area contributed by atoms with E-state index in [0.717, 1.165) is 11.8 Å². The van der Waals surface area contributed by atoms with E-state index in [1.807, 2.05) is 6.07 Å². The van der Waals surface area contributed by atoms with Crippen LogP contribution in [-0.4, -0.2) is 122 Å². The predicted octanol–water partition coefficient (Wildman–Crippen LogP) is 1.63. The van der Waals surface area contributed by atoms with Crippen molar-refractivity contribution in [3.05, 3.63) is 113 Å². The van der Waals surface area contributed by atoms with Crippen molar-refractivity contribution in [3.8, 4) is 23.0 Å². The molecule has 2 heterocycles. The molecule has 0 saturated carbocycles. The Morgan fingerprint density at radius 2 is 1.38 bits per heavy atom. The number of phenolic OH excluding ortho intramolecular Hbond substituents is 4. The van der Waals surface area contributed by atoms with Crippen LogP contribution in [0.1, 0.15) is 23.1 Å². The molecule has 7 atom stereocenters. The summed E-state index contributed by atoms with van der Waals surface area (Å²) in [5.74, 6) is -5.17. The SMILES string of the molecule is O=C(/C=C/c1ccccc1)OC/C=C1\C(O[C@@H]2O[C@H](CO)[C@@H](O)[C@H](O)[C@H]2O)OC=C(C(=O)OCCc2ccc(O)c(O)c2)C1CC(=O)OCCc1ccc(O)c(O)c1. The van der Waals surface area contributed by atoms with Crippen molar-refractivity contribution in [2.75, 3.05) is 26.4 Å². The van der Waals surface area contributed by atoms with Crippen molar-refractivity contribution in [1.29, 1.82) is 0 Å². The van der Waals surface area contributed by atoms with Crippen LogP contribution in [0.3, 0.4) is 0 Å². The van der Waals surface area contributed by atoms with E-state index < -0.39 is 80.5 Å². The minimum Gasteiger partial charge on any atom is -0.504 e. The van der Waals surface area contributed by atoms with E-state index in [0.29, 0.717) is 11.1 Å². The normalized spacial score (nSPS) is 23.8. The summed E-state index contributed by atoms with van der Waals surface area (Å²) in [6.45, 7) is -1.60. The van der Waals surface area contributed by atoms with Crippen molar-refractivity contribution < 1.29 is 83.7 Å². The van der Waals surface area contributed by atoms with E-state index in [2.05, 4.69) is 0 Å². The molecule has 310 valence electrons. The number of ether oxygens (including phenoxy) is 6. The minimum atomic E-state index is -1.86. The smallest absolute Gasteiger partial charge is 0.337 e. The van der Waals surface area contributed by atoms with Crippen LogP contribution in [0.4, 0.5) is 0 Å². The lowest BCUT2D eigenvalue weighted by Gasteiger charge is -2.42. The number of phenols is 4. The van der Waals surface area contributed by atoms with Crippen molar-refractivity contribution >= 4 is 24.0 Å². The van der Waals surface area contributed by atoms with Crippen molar-refractivity contribution in [1.82, 2.24) is 0 Å². The summed E-state index contributed by atoms with van der Waals surface area (Å²) in [6, 6.07) is 17.1. The third kappa shape index (κ3) is 11.6. The molecule has 5 rings (SSSR count). The van der Waals surface area contributed by atoms with Gasteiger partial charge in [-0.25, -0.2) is 9.59 Å². The van der Waals surface area contributed by atoms with Gasteiger partial charge in [0.1, 0.15) is 31.0 Å². The van der Waals surface area contributed by atoms with Gasteiger partial charge in [0.2, 0.25) is 6.29 Å². The Hall–Kier alpha value is -5.95. The quantitative estimate of drug-likeness (QED) is 0.0336. The fourth-order valence-electron chi connectivity index (χ4n) is 6.01. The Balaban J connectivity index is 1.40. The van der Waals surface area contributed by atoms with Crippen LogP contribution < -0.4 is 0 Å². The zero-order chi connectivity index (χ0) is 41.8. The van der Waals surface area contributed by atoms with Crippen LogP contribution in [0.5, 0.6) is 23.0 Å². The van der Waals surface area contributed by atoms with Gasteiger partial charge in [-0.05, 0) is 53.1 Å². The molecular weight excluding hydrogens is 764 g/mol. The number of aliphatic hydroxyl groups excluding tert-OH is 4. The molecule has 17 nitrogen and oxygen atoms in total. The van der Waals surface area contributed by atoms with Gasteiger partial charge in [0, 0.05) is 30.4 Å². The number of hydrogen-bond acceptors (Lipinski definition) is 17. The summed E-state index contributed by atoms with van der Waals surface area (Å²) >= 11 is 0. The molecule has 0 aliphatic carbocycles. The maximum Gasteiger partial charge on any atom is 0.337 e. The van der Waals surface area contributed by atoms with E-state index >= 15 is 0 Å². The highest BCUT2D eigenvalue weighted by Gasteiger charge is 2.47. The summed E-state index contributed by atoms with van der Waals surface area (Å²) in [5, 5.41) is 80.0. The Labute approximate surface area is 331 Å². The average molecular weight is 809 g/mol. The van der Waals surface area contributed by atoms with Gasteiger partial charge in [-0.3, -0.25) is 4.79 Å². The summed E-state index contributed by atoms with van der Waals surface area (Å²) in [7, 11) is 0. The van der Waals surface area contributed by atoms with Crippen LogP contribution in [0, 0.1) is 5.92 Å². The van der Waals surface area contributed by atoms with Crippen LogP contribution in [0.25, 0.3) is 6.08 Å². The molecule has 0 bridgehead atoms. The fraction of sp³-hybridized carbons (Fsp3) is 0.341. The van der Waals surface area contributed by atoms with Gasteiger partial charge in [-0.2, -0.15) is 0 Å². The number of aliphatic hydroxyl groups is 4. The van der Waals surface area contributed by atoms with Gasteiger partial charge in [-0.1, -0.05) is 42.5 Å². The molecule has 0 amide bonds. The third-order valence-electron chi connectivity index (χ3n) is 9.19. The third-order valence-corrected chi connectivity index (χ3v) is 9.19.